The number of pyridine rings is 1. The summed E-state index contributed by atoms with van der Waals surface area (Å²) in [6, 6.07) is 12.7. The van der Waals surface area contributed by atoms with Crippen molar-refractivity contribution in [3.8, 4) is 17.7 Å². The summed E-state index contributed by atoms with van der Waals surface area (Å²) < 4.78 is 4.95. The molecule has 0 radical (unpaired) electrons. The Kier molecular flexibility index (Phi) is 3.72. The molecule has 3 heteroatoms. The number of nitrogens with zero attached hydrogens (tertiary/aromatic N) is 1. The van der Waals surface area contributed by atoms with Crippen LogP contribution in [0.4, 0.5) is 0 Å². The van der Waals surface area contributed by atoms with Gasteiger partial charge in [-0.15, -0.1) is 0 Å². The average molecular weight is 237 g/mol. The zero-order chi connectivity index (χ0) is 12.8. The summed E-state index contributed by atoms with van der Waals surface area (Å²) in [4.78, 5) is 15.3. The van der Waals surface area contributed by atoms with Gasteiger partial charge in [-0.1, -0.05) is 30.2 Å². The third kappa shape index (κ3) is 3.19. The molecule has 1 aromatic heterocycles. The van der Waals surface area contributed by atoms with Gasteiger partial charge in [0.2, 0.25) is 5.88 Å². The number of esters is 1. The quantitative estimate of drug-likeness (QED) is 0.564. The maximum Gasteiger partial charge on any atom is 0.391 e. The first kappa shape index (κ1) is 11.9. The fraction of sp³-hybridized carbons (Fsp3) is 0.0667. The summed E-state index contributed by atoms with van der Waals surface area (Å²) in [5, 5.41) is 0. The minimum atomic E-state index is -0.614. The molecule has 2 aromatic rings. The number of carbonyl (C=O) groups is 1. The fourth-order valence-electron chi connectivity index (χ4n) is 1.36. The molecule has 0 atom stereocenters. The molecule has 0 fully saturated rings. The number of rotatable bonds is 1. The maximum absolute atomic E-state index is 11.5. The molecule has 2 rings (SSSR count). The van der Waals surface area contributed by atoms with Gasteiger partial charge in [0.25, 0.3) is 0 Å². The number of aromatic nitrogens is 1. The molecule has 88 valence electrons. The van der Waals surface area contributed by atoms with E-state index >= 15 is 0 Å². The van der Waals surface area contributed by atoms with Gasteiger partial charge in [-0.3, -0.25) is 0 Å². The third-order valence-corrected chi connectivity index (χ3v) is 2.28. The van der Waals surface area contributed by atoms with Crippen LogP contribution in [0, 0.1) is 18.8 Å². The Morgan fingerprint density at radius 2 is 1.94 bits per heavy atom. The Balaban J connectivity index is 2.07. The van der Waals surface area contributed by atoms with E-state index < -0.39 is 5.97 Å². The van der Waals surface area contributed by atoms with Gasteiger partial charge < -0.3 is 4.74 Å². The molecule has 3 nitrogen and oxygen atoms in total. The van der Waals surface area contributed by atoms with Gasteiger partial charge in [0.05, 0.1) is 0 Å². The molecular formula is C15H11NO2. The Morgan fingerprint density at radius 1 is 1.17 bits per heavy atom. The van der Waals surface area contributed by atoms with Crippen LogP contribution >= 0.6 is 0 Å². The van der Waals surface area contributed by atoms with Crippen LogP contribution in [0.2, 0.25) is 0 Å². The summed E-state index contributed by atoms with van der Waals surface area (Å²) in [6.07, 6.45) is 1.55. The second kappa shape index (κ2) is 5.65. The molecule has 0 bridgehead atoms. The molecule has 0 aliphatic heterocycles. The first-order chi connectivity index (χ1) is 8.75. The van der Waals surface area contributed by atoms with E-state index in [2.05, 4.69) is 16.8 Å². The molecule has 0 spiro atoms. The van der Waals surface area contributed by atoms with Crippen molar-refractivity contribution in [2.24, 2.45) is 0 Å². The lowest BCUT2D eigenvalue weighted by atomic mass is 10.1. The number of hydrogen-bond donors (Lipinski definition) is 0. The van der Waals surface area contributed by atoms with Gasteiger partial charge in [0, 0.05) is 23.7 Å². The Bertz CT molecular complexity index is 609. The zero-order valence-corrected chi connectivity index (χ0v) is 9.88. The number of aryl methyl sites for hydroxylation is 1. The molecule has 0 unspecified atom stereocenters. The van der Waals surface area contributed by atoms with E-state index in [-0.39, 0.29) is 5.88 Å². The normalized spacial score (nSPS) is 9.17. The highest BCUT2D eigenvalue weighted by molar-refractivity contribution is 5.90. The Hall–Kier alpha value is -2.60. The minimum absolute atomic E-state index is 0.251. The third-order valence-electron chi connectivity index (χ3n) is 2.28. The molecule has 18 heavy (non-hydrogen) atoms. The Labute approximate surface area is 105 Å². The van der Waals surface area contributed by atoms with Gasteiger partial charge in [0.1, 0.15) is 0 Å². The van der Waals surface area contributed by atoms with Gasteiger partial charge in [-0.2, -0.15) is 0 Å². The van der Waals surface area contributed by atoms with Crippen molar-refractivity contribution in [3.05, 3.63) is 59.8 Å². The summed E-state index contributed by atoms with van der Waals surface area (Å²) >= 11 is 0. The monoisotopic (exact) mass is 237 g/mol. The lowest BCUT2D eigenvalue weighted by Gasteiger charge is -1.97. The molecule has 1 heterocycles. The summed E-state index contributed by atoms with van der Waals surface area (Å²) in [7, 11) is 0. The van der Waals surface area contributed by atoms with E-state index in [1.54, 1.807) is 24.4 Å². The van der Waals surface area contributed by atoms with Crippen molar-refractivity contribution in [3.63, 3.8) is 0 Å². The highest BCUT2D eigenvalue weighted by Crippen LogP contribution is 2.05. The van der Waals surface area contributed by atoms with Crippen molar-refractivity contribution >= 4 is 5.97 Å². The summed E-state index contributed by atoms with van der Waals surface area (Å²) in [5.74, 6) is 4.86. The summed E-state index contributed by atoms with van der Waals surface area (Å²) in [6.45, 7) is 1.94. The predicted molar refractivity (Wildman–Crippen MR) is 67.9 cm³/mol. The van der Waals surface area contributed by atoms with Gasteiger partial charge in [-0.05, 0) is 24.6 Å². The SMILES string of the molecule is Cc1ccccc1C#CC(=O)Oc1ccccn1. The molecule has 0 N–H and O–H groups in total. The first-order valence-corrected chi connectivity index (χ1v) is 5.46. The van der Waals surface area contributed by atoms with Crippen molar-refractivity contribution in [1.29, 1.82) is 0 Å². The number of benzene rings is 1. The van der Waals surface area contributed by atoms with Gasteiger partial charge >= 0.3 is 5.97 Å². The molecule has 1 aromatic carbocycles. The highest BCUT2D eigenvalue weighted by Gasteiger charge is 2.00. The molecule has 0 amide bonds. The number of carbonyl (C=O) groups excluding carboxylic acids is 1. The lowest BCUT2D eigenvalue weighted by Crippen LogP contribution is -2.05. The fourth-order valence-corrected chi connectivity index (χ4v) is 1.36. The van der Waals surface area contributed by atoms with E-state index in [0.717, 1.165) is 11.1 Å². The van der Waals surface area contributed by atoms with Gasteiger partial charge in [0.15, 0.2) is 0 Å². The van der Waals surface area contributed by atoms with E-state index in [0.29, 0.717) is 0 Å². The zero-order valence-electron chi connectivity index (χ0n) is 9.88. The highest BCUT2D eigenvalue weighted by atomic mass is 16.5. The topological polar surface area (TPSA) is 39.2 Å². The average Bonchev–Trinajstić information content (AvgIpc) is 2.39. The van der Waals surface area contributed by atoms with Crippen LogP contribution < -0.4 is 4.74 Å². The molecule has 0 aliphatic rings. The van der Waals surface area contributed by atoms with Crippen LogP contribution in [0.3, 0.4) is 0 Å². The maximum atomic E-state index is 11.5. The van der Waals surface area contributed by atoms with Gasteiger partial charge in [-0.25, -0.2) is 9.78 Å². The van der Waals surface area contributed by atoms with Crippen molar-refractivity contribution in [2.75, 3.05) is 0 Å². The van der Waals surface area contributed by atoms with Crippen LogP contribution in [0.15, 0.2) is 48.7 Å². The van der Waals surface area contributed by atoms with Crippen LogP contribution in [0.1, 0.15) is 11.1 Å². The second-order valence-electron chi connectivity index (χ2n) is 3.62. The van der Waals surface area contributed by atoms with Crippen LogP contribution in [-0.2, 0) is 4.79 Å². The smallest absolute Gasteiger partial charge is 0.391 e. The van der Waals surface area contributed by atoms with Crippen molar-refractivity contribution < 1.29 is 9.53 Å². The van der Waals surface area contributed by atoms with Crippen LogP contribution in [-0.4, -0.2) is 11.0 Å². The van der Waals surface area contributed by atoms with E-state index in [4.69, 9.17) is 4.74 Å². The van der Waals surface area contributed by atoms with Crippen LogP contribution in [0.25, 0.3) is 0 Å². The number of ether oxygens (including phenoxy) is 1. The number of hydrogen-bond acceptors (Lipinski definition) is 3. The van der Waals surface area contributed by atoms with E-state index in [9.17, 15) is 4.79 Å². The first-order valence-electron chi connectivity index (χ1n) is 5.46. The van der Waals surface area contributed by atoms with Crippen LogP contribution in [0.5, 0.6) is 5.88 Å². The molecule has 0 saturated carbocycles. The minimum Gasteiger partial charge on any atom is -0.398 e. The molecular weight excluding hydrogens is 226 g/mol. The predicted octanol–water partition coefficient (Wildman–Crippen LogP) is 2.35. The molecule has 0 aliphatic carbocycles. The Morgan fingerprint density at radius 3 is 2.67 bits per heavy atom. The second-order valence-corrected chi connectivity index (χ2v) is 3.62. The lowest BCUT2D eigenvalue weighted by molar-refractivity contribution is -0.128. The standard InChI is InChI=1S/C15H11NO2/c1-12-6-2-3-7-13(12)9-10-15(17)18-14-8-4-5-11-16-14/h2-8,11H,1H3. The molecule has 0 saturated heterocycles. The van der Waals surface area contributed by atoms with Crippen molar-refractivity contribution in [2.45, 2.75) is 6.92 Å². The summed E-state index contributed by atoms with van der Waals surface area (Å²) in [5.41, 5.74) is 1.84. The largest absolute Gasteiger partial charge is 0.398 e. The van der Waals surface area contributed by atoms with E-state index in [1.165, 1.54) is 0 Å². The van der Waals surface area contributed by atoms with Crippen molar-refractivity contribution in [1.82, 2.24) is 4.98 Å². The van der Waals surface area contributed by atoms with E-state index in [1.807, 2.05) is 31.2 Å².